The van der Waals surface area contributed by atoms with Gasteiger partial charge in [-0.05, 0) is 65.8 Å². The molecule has 2 rings (SSSR count). The summed E-state index contributed by atoms with van der Waals surface area (Å²) in [6.45, 7) is 8.91. The van der Waals surface area contributed by atoms with Crippen LogP contribution in [0.3, 0.4) is 0 Å². The van der Waals surface area contributed by atoms with E-state index in [1.54, 1.807) is 12.1 Å². The van der Waals surface area contributed by atoms with Crippen LogP contribution >= 0.6 is 0 Å². The first-order chi connectivity index (χ1) is 10.5. The van der Waals surface area contributed by atoms with Gasteiger partial charge in [-0.2, -0.15) is 5.26 Å². The Labute approximate surface area is 133 Å². The molecule has 0 aromatic heterocycles. The third kappa shape index (κ3) is 4.11. The molecule has 0 saturated carbocycles. The Kier molecular flexibility index (Phi) is 5.22. The van der Waals surface area contributed by atoms with E-state index in [0.717, 1.165) is 17.9 Å². The average Bonchev–Trinajstić information content (AvgIpc) is 2.49. The monoisotopic (exact) mass is 293 g/mol. The fourth-order valence-corrected chi connectivity index (χ4v) is 2.53. The molecule has 0 aliphatic carbocycles. The summed E-state index contributed by atoms with van der Waals surface area (Å²) in [5.74, 6) is 2.72. The number of rotatable bonds is 5. The maximum atomic E-state index is 8.83. The molecule has 0 unspecified atom stereocenters. The summed E-state index contributed by atoms with van der Waals surface area (Å²) >= 11 is 0. The zero-order chi connectivity index (χ0) is 16.1. The van der Waals surface area contributed by atoms with Crippen LogP contribution in [0.1, 0.15) is 50.3 Å². The molecule has 114 valence electrons. The van der Waals surface area contributed by atoms with Gasteiger partial charge in [-0.1, -0.05) is 33.8 Å². The molecule has 0 aliphatic heterocycles. The van der Waals surface area contributed by atoms with Gasteiger partial charge in [0.2, 0.25) is 0 Å². The van der Waals surface area contributed by atoms with E-state index >= 15 is 0 Å². The summed E-state index contributed by atoms with van der Waals surface area (Å²) in [7, 11) is 0. The lowest BCUT2D eigenvalue weighted by atomic mass is 9.91. The maximum Gasteiger partial charge on any atom is 0.127 e. The van der Waals surface area contributed by atoms with Gasteiger partial charge in [0.15, 0.2) is 0 Å². The highest BCUT2D eigenvalue weighted by molar-refractivity contribution is 5.41. The highest BCUT2D eigenvalue weighted by atomic mass is 16.5. The molecular weight excluding hydrogens is 270 g/mol. The third-order valence-corrected chi connectivity index (χ3v) is 3.59. The van der Waals surface area contributed by atoms with E-state index in [4.69, 9.17) is 10.00 Å². The van der Waals surface area contributed by atoms with Crippen LogP contribution in [0.5, 0.6) is 11.5 Å². The molecule has 0 spiro atoms. The van der Waals surface area contributed by atoms with E-state index in [2.05, 4.69) is 45.9 Å². The second-order valence-corrected chi connectivity index (χ2v) is 6.35. The van der Waals surface area contributed by atoms with Crippen LogP contribution in [0.25, 0.3) is 0 Å². The topological polar surface area (TPSA) is 33.0 Å². The van der Waals surface area contributed by atoms with Gasteiger partial charge in [-0.25, -0.2) is 0 Å². The molecule has 0 heterocycles. The summed E-state index contributed by atoms with van der Waals surface area (Å²) in [5, 5.41) is 8.83. The van der Waals surface area contributed by atoms with E-state index in [1.165, 1.54) is 11.1 Å². The van der Waals surface area contributed by atoms with E-state index in [9.17, 15) is 0 Å². The van der Waals surface area contributed by atoms with Crippen LogP contribution in [-0.2, 0) is 6.42 Å². The fourth-order valence-electron chi connectivity index (χ4n) is 2.53. The molecule has 22 heavy (non-hydrogen) atoms. The zero-order valence-corrected chi connectivity index (χ0v) is 13.8. The zero-order valence-electron chi connectivity index (χ0n) is 13.8. The molecule has 2 nitrogen and oxygen atoms in total. The Balaban J connectivity index is 2.24. The lowest BCUT2D eigenvalue weighted by Gasteiger charge is -2.16. The van der Waals surface area contributed by atoms with Crippen molar-refractivity contribution in [3.05, 3.63) is 59.2 Å². The molecule has 2 aromatic rings. The Morgan fingerprint density at radius 2 is 1.59 bits per heavy atom. The van der Waals surface area contributed by atoms with Gasteiger partial charge in [0, 0.05) is 0 Å². The van der Waals surface area contributed by atoms with Crippen LogP contribution in [0.15, 0.2) is 42.5 Å². The minimum atomic E-state index is 0.471. The molecule has 0 bridgehead atoms. The third-order valence-electron chi connectivity index (χ3n) is 3.59. The van der Waals surface area contributed by atoms with Gasteiger partial charge in [-0.15, -0.1) is 0 Å². The molecular formula is C20H23NO. The molecule has 0 N–H and O–H groups in total. The van der Waals surface area contributed by atoms with Crippen molar-refractivity contribution in [3.63, 3.8) is 0 Å². The number of hydrogen-bond donors (Lipinski definition) is 0. The smallest absolute Gasteiger partial charge is 0.127 e. The summed E-state index contributed by atoms with van der Waals surface area (Å²) in [5.41, 5.74) is 3.39. The average molecular weight is 293 g/mol. The Hall–Kier alpha value is -2.27. The van der Waals surface area contributed by atoms with Crippen LogP contribution in [0, 0.1) is 17.2 Å². The first-order valence-corrected chi connectivity index (χ1v) is 7.80. The van der Waals surface area contributed by atoms with Gasteiger partial charge in [-0.3, -0.25) is 0 Å². The second-order valence-electron chi connectivity index (χ2n) is 6.35. The molecule has 0 radical (unpaired) electrons. The van der Waals surface area contributed by atoms with E-state index < -0.39 is 0 Å². The fraction of sp³-hybridized carbons (Fsp3) is 0.350. The van der Waals surface area contributed by atoms with Crippen molar-refractivity contribution in [1.29, 1.82) is 5.26 Å². The van der Waals surface area contributed by atoms with Crippen molar-refractivity contribution in [2.75, 3.05) is 0 Å². The summed E-state index contributed by atoms with van der Waals surface area (Å²) in [4.78, 5) is 0. The quantitative estimate of drug-likeness (QED) is 0.711. The Bertz CT molecular complexity index is 663. The number of nitriles is 1. The number of hydrogen-bond acceptors (Lipinski definition) is 2. The van der Waals surface area contributed by atoms with E-state index in [1.807, 2.05) is 18.2 Å². The molecule has 2 aromatic carbocycles. The van der Waals surface area contributed by atoms with Gasteiger partial charge < -0.3 is 4.74 Å². The Morgan fingerprint density at radius 1 is 0.955 bits per heavy atom. The molecule has 2 heteroatoms. The van der Waals surface area contributed by atoms with Crippen LogP contribution in [0.2, 0.25) is 0 Å². The highest BCUT2D eigenvalue weighted by Gasteiger charge is 2.10. The van der Waals surface area contributed by atoms with Crippen molar-refractivity contribution < 1.29 is 4.74 Å². The summed E-state index contributed by atoms with van der Waals surface area (Å²) in [6.07, 6.45) is 1.09. The Morgan fingerprint density at radius 3 is 2.14 bits per heavy atom. The van der Waals surface area contributed by atoms with Crippen molar-refractivity contribution in [3.8, 4) is 17.6 Å². The molecule has 0 saturated heterocycles. The van der Waals surface area contributed by atoms with E-state index in [-0.39, 0.29) is 0 Å². The van der Waals surface area contributed by atoms with Crippen molar-refractivity contribution in [2.45, 2.75) is 40.0 Å². The first kappa shape index (κ1) is 16.1. The van der Waals surface area contributed by atoms with Gasteiger partial charge in [0.1, 0.15) is 11.5 Å². The second kappa shape index (κ2) is 7.13. The minimum absolute atomic E-state index is 0.471. The summed E-state index contributed by atoms with van der Waals surface area (Å²) < 4.78 is 5.92. The van der Waals surface area contributed by atoms with Gasteiger partial charge in [0.25, 0.3) is 0 Å². The standard InChI is InChI=1S/C20H23NO/c1-14(2)11-17-7-10-19(12-20(17)15(3)4)22-18-8-5-16(13-21)6-9-18/h5-10,12,14-15H,11H2,1-4H3. The van der Waals surface area contributed by atoms with Crippen molar-refractivity contribution in [1.82, 2.24) is 0 Å². The van der Waals surface area contributed by atoms with Crippen LogP contribution in [-0.4, -0.2) is 0 Å². The lowest BCUT2D eigenvalue weighted by Crippen LogP contribution is -2.01. The van der Waals surface area contributed by atoms with Crippen molar-refractivity contribution in [2.24, 2.45) is 5.92 Å². The molecule has 0 atom stereocenters. The van der Waals surface area contributed by atoms with Gasteiger partial charge >= 0.3 is 0 Å². The van der Waals surface area contributed by atoms with Crippen LogP contribution in [0.4, 0.5) is 0 Å². The molecule has 0 amide bonds. The molecule has 0 fully saturated rings. The lowest BCUT2D eigenvalue weighted by molar-refractivity contribution is 0.480. The SMILES string of the molecule is CC(C)Cc1ccc(Oc2ccc(C#N)cc2)cc1C(C)C. The normalized spacial score (nSPS) is 10.8. The van der Waals surface area contributed by atoms with Gasteiger partial charge in [0.05, 0.1) is 11.6 Å². The number of nitrogens with zero attached hydrogens (tertiary/aromatic N) is 1. The maximum absolute atomic E-state index is 8.83. The first-order valence-electron chi connectivity index (χ1n) is 7.80. The number of benzene rings is 2. The van der Waals surface area contributed by atoms with Crippen LogP contribution < -0.4 is 4.74 Å². The predicted octanol–water partition coefficient (Wildman–Crippen LogP) is 5.67. The van der Waals surface area contributed by atoms with E-state index in [0.29, 0.717) is 17.4 Å². The van der Waals surface area contributed by atoms with Crippen molar-refractivity contribution >= 4 is 0 Å². The number of ether oxygens (including phenoxy) is 1. The summed E-state index contributed by atoms with van der Waals surface area (Å²) in [6, 6.07) is 15.7. The predicted molar refractivity (Wildman–Crippen MR) is 90.3 cm³/mol. The molecule has 0 aliphatic rings. The largest absolute Gasteiger partial charge is 0.457 e. The minimum Gasteiger partial charge on any atom is -0.457 e. The highest BCUT2D eigenvalue weighted by Crippen LogP contribution is 2.29.